The average molecular weight is 493 g/mol. The molecule has 0 saturated heterocycles. The van der Waals surface area contributed by atoms with E-state index in [1.54, 1.807) is 30.3 Å². The van der Waals surface area contributed by atoms with Gasteiger partial charge < -0.3 is 9.47 Å². The number of anilines is 1. The van der Waals surface area contributed by atoms with Gasteiger partial charge in [0.25, 0.3) is 0 Å². The zero-order chi connectivity index (χ0) is 23.1. The van der Waals surface area contributed by atoms with E-state index in [1.165, 1.54) is 6.20 Å². The Balaban J connectivity index is 1.71. The van der Waals surface area contributed by atoms with Gasteiger partial charge in [0.1, 0.15) is 25.0 Å². The fraction of sp³-hybridized carbons (Fsp3) is 0.190. The number of nitrogens with one attached hydrogen (secondary N) is 1. The highest BCUT2D eigenvalue weighted by molar-refractivity contribution is 7.91. The fourth-order valence-corrected chi connectivity index (χ4v) is 3.50. The van der Waals surface area contributed by atoms with E-state index in [2.05, 4.69) is 20.8 Å². The van der Waals surface area contributed by atoms with Gasteiger partial charge in [-0.1, -0.05) is 23.7 Å². The minimum Gasteiger partial charge on any atom is -0.489 e. The lowest BCUT2D eigenvalue weighted by atomic mass is 10.0. The van der Waals surface area contributed by atoms with E-state index >= 15 is 0 Å². The molecule has 0 spiro atoms. The maximum absolute atomic E-state index is 11.3. The zero-order valence-electron chi connectivity index (χ0n) is 16.9. The van der Waals surface area contributed by atoms with Crippen LogP contribution in [0, 0.1) is 11.3 Å². The molecule has 0 unspecified atom stereocenters. The van der Waals surface area contributed by atoms with E-state index < -0.39 is 10.0 Å². The summed E-state index contributed by atoms with van der Waals surface area (Å²) in [5.74, 6) is 1.16. The molecule has 0 fully saturated rings. The Morgan fingerprint density at radius 1 is 1.12 bits per heavy atom. The van der Waals surface area contributed by atoms with Crippen LogP contribution in [0.3, 0.4) is 0 Å². The maximum Gasteiger partial charge on any atom is 0.236 e. The maximum atomic E-state index is 11.3. The number of hydrogen-bond acceptors (Lipinski definition) is 7. The Bertz CT molecular complexity index is 1250. The third-order valence-corrected chi connectivity index (χ3v) is 5.04. The third-order valence-electron chi connectivity index (χ3n) is 4.05. The minimum atomic E-state index is -3.47. The molecule has 3 aromatic rings. The predicted molar refractivity (Wildman–Crippen MR) is 123 cm³/mol. The van der Waals surface area contributed by atoms with E-state index in [9.17, 15) is 13.7 Å². The van der Waals surface area contributed by atoms with Crippen LogP contribution in [-0.4, -0.2) is 37.1 Å². The van der Waals surface area contributed by atoms with Gasteiger partial charge in [0.15, 0.2) is 5.75 Å². The first-order chi connectivity index (χ1) is 15.3. The summed E-state index contributed by atoms with van der Waals surface area (Å²) >= 11 is 11.9. The molecule has 3 rings (SSSR count). The molecular weight excluding hydrogens is 475 g/mol. The van der Waals surface area contributed by atoms with Crippen LogP contribution in [0.2, 0.25) is 5.02 Å². The number of rotatable bonds is 9. The molecule has 0 bridgehead atoms. The van der Waals surface area contributed by atoms with E-state index in [4.69, 9.17) is 32.7 Å². The summed E-state index contributed by atoms with van der Waals surface area (Å²) < 4.78 is 36.0. The summed E-state index contributed by atoms with van der Waals surface area (Å²) in [4.78, 5) is 7.97. The molecule has 0 saturated carbocycles. The lowest BCUT2D eigenvalue weighted by Gasteiger charge is -2.12. The second kappa shape index (κ2) is 10.5. The van der Waals surface area contributed by atoms with Crippen LogP contribution in [-0.2, 0) is 16.6 Å². The second-order valence-corrected chi connectivity index (χ2v) is 9.08. The first-order valence-corrected chi connectivity index (χ1v) is 12.0. The number of nitriles is 1. The summed E-state index contributed by atoms with van der Waals surface area (Å²) in [6.45, 7) is 0.372. The van der Waals surface area contributed by atoms with Crippen molar-refractivity contribution in [3.63, 3.8) is 0 Å². The molecule has 0 amide bonds. The summed E-state index contributed by atoms with van der Waals surface area (Å²) in [7, 11) is -3.47. The Labute approximate surface area is 195 Å². The van der Waals surface area contributed by atoms with Crippen molar-refractivity contribution in [2.24, 2.45) is 0 Å². The van der Waals surface area contributed by atoms with Crippen LogP contribution < -0.4 is 14.2 Å². The van der Waals surface area contributed by atoms with Crippen molar-refractivity contribution in [2.45, 2.75) is 6.61 Å². The van der Waals surface area contributed by atoms with Gasteiger partial charge in [0.2, 0.25) is 16.0 Å². The van der Waals surface area contributed by atoms with E-state index in [0.29, 0.717) is 27.8 Å². The Kier molecular flexibility index (Phi) is 7.75. The predicted octanol–water partition coefficient (Wildman–Crippen LogP) is 4.24. The number of ether oxygens (including phenoxy) is 2. The average Bonchev–Trinajstić information content (AvgIpc) is 2.76. The van der Waals surface area contributed by atoms with Gasteiger partial charge in [0, 0.05) is 6.20 Å². The molecule has 0 aliphatic carbocycles. The highest BCUT2D eigenvalue weighted by Crippen LogP contribution is 2.34. The highest BCUT2D eigenvalue weighted by Gasteiger charge is 2.12. The standard InChI is InChI=1S/C21H18Cl2N4O4S/c1-32(28,29)27-21-25-8-6-17(26-21)13-31-18-4-2-14(3-5-18)15-10-16(12-24)20(19(23)11-15)30-9-7-22/h2-6,8,10-11H,7,9,13H2,1H3,(H,25,26,27). The van der Waals surface area contributed by atoms with E-state index in [-0.39, 0.29) is 25.0 Å². The molecule has 1 aromatic heterocycles. The highest BCUT2D eigenvalue weighted by atomic mass is 35.5. The van der Waals surface area contributed by atoms with Crippen LogP contribution >= 0.6 is 23.2 Å². The molecule has 1 N–H and O–H groups in total. The summed E-state index contributed by atoms with van der Waals surface area (Å²) in [5.41, 5.74) is 2.42. The molecule has 0 radical (unpaired) electrons. The lowest BCUT2D eigenvalue weighted by molar-refractivity contribution is 0.301. The van der Waals surface area contributed by atoms with E-state index in [0.717, 1.165) is 17.4 Å². The molecule has 166 valence electrons. The summed E-state index contributed by atoms with van der Waals surface area (Å²) in [6.07, 6.45) is 2.47. The number of hydrogen-bond donors (Lipinski definition) is 1. The number of alkyl halides is 1. The van der Waals surface area contributed by atoms with Crippen LogP contribution in [0.5, 0.6) is 11.5 Å². The fourth-order valence-electron chi connectivity index (χ4n) is 2.72. The number of sulfonamides is 1. The molecule has 11 heteroatoms. The van der Waals surface area contributed by atoms with Crippen molar-refractivity contribution < 1.29 is 17.9 Å². The van der Waals surface area contributed by atoms with Gasteiger partial charge in [-0.15, -0.1) is 11.6 Å². The number of nitrogens with zero attached hydrogens (tertiary/aromatic N) is 3. The molecule has 0 aliphatic heterocycles. The van der Waals surface area contributed by atoms with Crippen molar-refractivity contribution in [1.29, 1.82) is 5.26 Å². The largest absolute Gasteiger partial charge is 0.489 e. The van der Waals surface area contributed by atoms with Crippen molar-refractivity contribution in [2.75, 3.05) is 23.5 Å². The summed E-state index contributed by atoms with van der Waals surface area (Å²) in [6, 6.07) is 14.3. The Morgan fingerprint density at radius 3 is 2.53 bits per heavy atom. The normalized spacial score (nSPS) is 10.9. The van der Waals surface area contributed by atoms with Gasteiger partial charge in [-0.2, -0.15) is 5.26 Å². The lowest BCUT2D eigenvalue weighted by Crippen LogP contribution is -2.13. The first kappa shape index (κ1) is 23.6. The van der Waals surface area contributed by atoms with Crippen LogP contribution in [0.1, 0.15) is 11.3 Å². The second-order valence-electron chi connectivity index (χ2n) is 6.54. The quantitative estimate of drug-likeness (QED) is 0.444. The monoisotopic (exact) mass is 492 g/mol. The number of halogens is 2. The van der Waals surface area contributed by atoms with Crippen molar-refractivity contribution in [3.05, 3.63) is 64.9 Å². The number of benzene rings is 2. The van der Waals surface area contributed by atoms with Gasteiger partial charge in [-0.3, -0.25) is 4.72 Å². The van der Waals surface area contributed by atoms with Crippen molar-refractivity contribution in [1.82, 2.24) is 9.97 Å². The Hall–Kier alpha value is -3.06. The topological polar surface area (TPSA) is 114 Å². The Morgan fingerprint density at radius 2 is 1.88 bits per heavy atom. The SMILES string of the molecule is CS(=O)(=O)Nc1nccc(COc2ccc(-c3cc(Cl)c(OCCCl)c(C#N)c3)cc2)n1. The molecule has 8 nitrogen and oxygen atoms in total. The van der Waals surface area contributed by atoms with Gasteiger partial charge in [-0.25, -0.2) is 18.4 Å². The molecule has 0 atom stereocenters. The molecule has 32 heavy (non-hydrogen) atoms. The van der Waals surface area contributed by atoms with E-state index in [1.807, 2.05) is 12.1 Å². The van der Waals surface area contributed by atoms with Gasteiger partial charge >= 0.3 is 0 Å². The summed E-state index contributed by atoms with van der Waals surface area (Å²) in [5, 5.41) is 9.75. The number of aromatic nitrogens is 2. The minimum absolute atomic E-state index is 0.0207. The van der Waals surface area contributed by atoms with Gasteiger partial charge in [0.05, 0.1) is 28.4 Å². The first-order valence-electron chi connectivity index (χ1n) is 9.24. The third kappa shape index (κ3) is 6.47. The van der Waals surface area contributed by atoms with Crippen molar-refractivity contribution in [3.8, 4) is 28.7 Å². The molecule has 0 aliphatic rings. The van der Waals surface area contributed by atoms with Crippen LogP contribution in [0.4, 0.5) is 5.95 Å². The van der Waals surface area contributed by atoms with Crippen molar-refractivity contribution >= 4 is 39.2 Å². The zero-order valence-corrected chi connectivity index (χ0v) is 19.2. The molecular formula is C21H18Cl2N4O4S. The molecule has 1 heterocycles. The molecule has 2 aromatic carbocycles. The van der Waals surface area contributed by atoms with Crippen LogP contribution in [0.25, 0.3) is 11.1 Å². The van der Waals surface area contributed by atoms with Crippen LogP contribution in [0.15, 0.2) is 48.7 Å². The smallest absolute Gasteiger partial charge is 0.236 e. The van der Waals surface area contributed by atoms with Gasteiger partial charge in [-0.05, 0) is 41.5 Å².